The third-order valence-corrected chi connectivity index (χ3v) is 3.99. The van der Waals surface area contributed by atoms with Crippen LogP contribution >= 0.6 is 0 Å². The lowest BCUT2D eigenvalue weighted by Gasteiger charge is -2.17. The van der Waals surface area contributed by atoms with Gasteiger partial charge in [0.25, 0.3) is 5.91 Å². The summed E-state index contributed by atoms with van der Waals surface area (Å²) in [5, 5.41) is 2.24. The number of likely N-dealkylation sites (N-methyl/N-ethyl adjacent to an activating group) is 2. The van der Waals surface area contributed by atoms with E-state index in [4.69, 9.17) is 0 Å². The van der Waals surface area contributed by atoms with Crippen LogP contribution in [0.15, 0.2) is 48.3 Å². The van der Waals surface area contributed by atoms with Gasteiger partial charge in [0.1, 0.15) is 5.70 Å². The Kier molecular flexibility index (Phi) is 4.74. The molecule has 0 aliphatic carbocycles. The first-order valence-electron chi connectivity index (χ1n) is 7.93. The summed E-state index contributed by atoms with van der Waals surface area (Å²) in [6.07, 6.45) is 4.10. The highest BCUT2D eigenvalue weighted by Gasteiger charge is 2.29. The largest absolute Gasteiger partial charge is 0.344 e. The average Bonchev–Trinajstić information content (AvgIpc) is 2.87. The van der Waals surface area contributed by atoms with E-state index in [0.717, 1.165) is 13.0 Å². The van der Waals surface area contributed by atoms with Crippen LogP contribution in [0, 0.1) is 0 Å². The molecule has 0 atom stereocenters. The van der Waals surface area contributed by atoms with Crippen LogP contribution < -0.4 is 10.2 Å². The molecule has 7 heteroatoms. The van der Waals surface area contributed by atoms with Crippen molar-refractivity contribution in [2.45, 2.75) is 6.42 Å². The molecule has 1 aromatic carbocycles. The van der Waals surface area contributed by atoms with Gasteiger partial charge in [0.2, 0.25) is 5.95 Å². The molecule has 0 spiro atoms. The highest BCUT2D eigenvalue weighted by molar-refractivity contribution is 6.13. The Bertz CT molecular complexity index is 819. The van der Waals surface area contributed by atoms with E-state index in [-0.39, 0.29) is 5.70 Å². The van der Waals surface area contributed by atoms with E-state index in [0.29, 0.717) is 11.6 Å². The Morgan fingerprint density at radius 1 is 1.20 bits per heavy atom. The van der Waals surface area contributed by atoms with Crippen LogP contribution in [-0.4, -0.2) is 47.4 Å². The molecule has 2 aromatic rings. The minimum atomic E-state index is -0.439. The third-order valence-electron chi connectivity index (χ3n) is 3.99. The van der Waals surface area contributed by atoms with Crippen LogP contribution in [0.5, 0.6) is 0 Å². The molecule has 1 aromatic heterocycles. The second-order valence-corrected chi connectivity index (χ2v) is 5.79. The fourth-order valence-electron chi connectivity index (χ4n) is 2.48. The Labute approximate surface area is 146 Å². The van der Waals surface area contributed by atoms with Gasteiger partial charge in [-0.3, -0.25) is 15.0 Å². The molecule has 0 unspecified atom stereocenters. The molecule has 1 saturated heterocycles. The summed E-state index contributed by atoms with van der Waals surface area (Å²) in [6, 6.07) is 11.5. The van der Waals surface area contributed by atoms with E-state index in [1.807, 2.05) is 30.1 Å². The molecule has 1 aliphatic heterocycles. The number of amides is 3. The maximum atomic E-state index is 11.8. The summed E-state index contributed by atoms with van der Waals surface area (Å²) >= 11 is 0. The van der Waals surface area contributed by atoms with Crippen molar-refractivity contribution >= 4 is 24.0 Å². The highest BCUT2D eigenvalue weighted by Crippen LogP contribution is 2.15. The van der Waals surface area contributed by atoms with Gasteiger partial charge in [-0.1, -0.05) is 30.3 Å². The smallest absolute Gasteiger partial charge is 0.328 e. The number of carbonyl (C=O) groups is 2. The number of imide groups is 1. The first-order valence-corrected chi connectivity index (χ1v) is 7.93. The van der Waals surface area contributed by atoms with Crippen LogP contribution in [0.4, 0.5) is 10.7 Å². The standard InChI is InChI=1S/C18H19N5O2/c1-22(11-9-13-6-4-3-5-7-13)17-19-10-8-14(20-17)12-15-16(24)21-18(25)23(15)2/h3-8,10,12H,9,11H2,1-2H3,(H,21,24,25)/b15-12-. The molecule has 0 bridgehead atoms. The molecule has 1 fully saturated rings. The molecular formula is C18H19N5O2. The number of benzene rings is 1. The molecule has 0 saturated carbocycles. The van der Waals surface area contributed by atoms with Crippen LogP contribution in [0.2, 0.25) is 0 Å². The first kappa shape index (κ1) is 16.6. The molecule has 7 nitrogen and oxygen atoms in total. The number of anilines is 1. The Balaban J connectivity index is 1.73. The highest BCUT2D eigenvalue weighted by atomic mass is 16.2. The molecule has 0 radical (unpaired) electrons. The number of hydrogen-bond acceptors (Lipinski definition) is 5. The second kappa shape index (κ2) is 7.12. The summed E-state index contributed by atoms with van der Waals surface area (Å²) in [4.78, 5) is 35.2. The number of rotatable bonds is 5. The lowest BCUT2D eigenvalue weighted by Crippen LogP contribution is -2.24. The van der Waals surface area contributed by atoms with Gasteiger partial charge in [-0.15, -0.1) is 0 Å². The lowest BCUT2D eigenvalue weighted by molar-refractivity contribution is -0.115. The van der Waals surface area contributed by atoms with Crippen molar-refractivity contribution in [3.05, 3.63) is 59.5 Å². The van der Waals surface area contributed by atoms with Crippen molar-refractivity contribution in [1.82, 2.24) is 20.2 Å². The number of aromatic nitrogens is 2. The van der Waals surface area contributed by atoms with Crippen LogP contribution in [0.1, 0.15) is 11.3 Å². The molecule has 3 rings (SSSR count). The van der Waals surface area contributed by atoms with E-state index in [2.05, 4.69) is 27.4 Å². The van der Waals surface area contributed by atoms with E-state index < -0.39 is 11.9 Å². The fraction of sp³-hybridized carbons (Fsp3) is 0.222. The summed E-state index contributed by atoms with van der Waals surface area (Å²) in [5.74, 6) is 0.141. The third kappa shape index (κ3) is 3.82. The van der Waals surface area contributed by atoms with Gasteiger partial charge in [0, 0.05) is 26.8 Å². The van der Waals surface area contributed by atoms with Gasteiger partial charge in [-0.25, -0.2) is 14.8 Å². The van der Waals surface area contributed by atoms with Gasteiger partial charge in [-0.2, -0.15) is 0 Å². The van der Waals surface area contributed by atoms with Crippen molar-refractivity contribution in [2.24, 2.45) is 0 Å². The Hall–Kier alpha value is -3.22. The van der Waals surface area contributed by atoms with Crippen LogP contribution in [0.25, 0.3) is 6.08 Å². The zero-order chi connectivity index (χ0) is 17.8. The van der Waals surface area contributed by atoms with Gasteiger partial charge >= 0.3 is 6.03 Å². The Morgan fingerprint density at radius 2 is 1.96 bits per heavy atom. The summed E-state index contributed by atoms with van der Waals surface area (Å²) < 4.78 is 0. The van der Waals surface area contributed by atoms with Gasteiger partial charge < -0.3 is 4.90 Å². The van der Waals surface area contributed by atoms with E-state index in [1.165, 1.54) is 10.5 Å². The topological polar surface area (TPSA) is 78.4 Å². The predicted molar refractivity (Wildman–Crippen MR) is 94.7 cm³/mol. The van der Waals surface area contributed by atoms with Gasteiger partial charge in [-0.05, 0) is 24.1 Å². The summed E-state index contributed by atoms with van der Waals surface area (Å²) in [6.45, 7) is 0.767. The zero-order valence-corrected chi connectivity index (χ0v) is 14.1. The van der Waals surface area contributed by atoms with Crippen molar-refractivity contribution in [2.75, 3.05) is 25.5 Å². The monoisotopic (exact) mass is 337 g/mol. The number of carbonyl (C=O) groups excluding carboxylic acids is 2. The molecule has 25 heavy (non-hydrogen) atoms. The van der Waals surface area contributed by atoms with Gasteiger partial charge in [0.15, 0.2) is 0 Å². The molecule has 1 N–H and O–H groups in total. The molecule has 1 aliphatic rings. The maximum absolute atomic E-state index is 11.8. The lowest BCUT2D eigenvalue weighted by atomic mass is 10.1. The van der Waals surface area contributed by atoms with E-state index in [1.54, 1.807) is 25.4 Å². The SMILES string of the molecule is CN1C(=O)NC(=O)/C1=C/c1ccnc(N(C)CCc2ccccc2)n1. The summed E-state index contributed by atoms with van der Waals surface area (Å²) in [5.41, 5.74) is 2.08. The van der Waals surface area contributed by atoms with Crippen molar-refractivity contribution in [3.63, 3.8) is 0 Å². The summed E-state index contributed by atoms with van der Waals surface area (Å²) in [7, 11) is 3.47. The average molecular weight is 337 g/mol. The van der Waals surface area contributed by atoms with Crippen molar-refractivity contribution in [3.8, 4) is 0 Å². The quantitative estimate of drug-likeness (QED) is 0.663. The number of nitrogens with zero attached hydrogens (tertiary/aromatic N) is 4. The maximum Gasteiger partial charge on any atom is 0.328 e. The molecular weight excluding hydrogens is 318 g/mol. The molecule has 128 valence electrons. The number of nitrogens with one attached hydrogen (secondary N) is 1. The number of hydrogen-bond donors (Lipinski definition) is 1. The van der Waals surface area contributed by atoms with Crippen LogP contribution in [0.3, 0.4) is 0 Å². The molecule has 3 amide bonds. The first-order chi connectivity index (χ1) is 12.0. The van der Waals surface area contributed by atoms with E-state index in [9.17, 15) is 9.59 Å². The second-order valence-electron chi connectivity index (χ2n) is 5.79. The zero-order valence-electron chi connectivity index (χ0n) is 14.1. The number of urea groups is 1. The Morgan fingerprint density at radius 3 is 2.64 bits per heavy atom. The predicted octanol–water partition coefficient (Wildman–Crippen LogP) is 1.68. The minimum absolute atomic E-state index is 0.265. The van der Waals surface area contributed by atoms with Crippen LogP contribution in [-0.2, 0) is 11.2 Å². The normalized spacial score (nSPS) is 15.6. The fourth-order valence-corrected chi connectivity index (χ4v) is 2.48. The van der Waals surface area contributed by atoms with Crippen molar-refractivity contribution < 1.29 is 9.59 Å². The van der Waals surface area contributed by atoms with Gasteiger partial charge in [0.05, 0.1) is 5.69 Å². The minimum Gasteiger partial charge on any atom is -0.344 e. The molecule has 2 heterocycles. The van der Waals surface area contributed by atoms with Crippen molar-refractivity contribution in [1.29, 1.82) is 0 Å². The van der Waals surface area contributed by atoms with E-state index >= 15 is 0 Å².